The Labute approximate surface area is 184 Å². The smallest absolute Gasteiger partial charge is 0.359 e. The lowest BCUT2D eigenvalue weighted by atomic mass is 9.95. The van der Waals surface area contributed by atoms with Crippen LogP contribution in [0.4, 0.5) is 4.39 Å². The second-order valence-corrected chi connectivity index (χ2v) is 7.44. The number of carbonyl (C=O) groups is 2. The summed E-state index contributed by atoms with van der Waals surface area (Å²) in [6.45, 7) is -0.424. The molecule has 0 fully saturated rings. The molecular weight excluding hydrogens is 415 g/mol. The first-order valence-electron chi connectivity index (χ1n) is 10.3. The number of carbonyl (C=O) groups excluding carboxylic acids is 2. The zero-order chi connectivity index (χ0) is 22.7. The molecule has 1 aliphatic rings. The predicted molar refractivity (Wildman–Crippen MR) is 114 cm³/mol. The van der Waals surface area contributed by atoms with Crippen molar-refractivity contribution in [2.24, 2.45) is 0 Å². The van der Waals surface area contributed by atoms with Gasteiger partial charge in [0, 0.05) is 16.8 Å². The lowest BCUT2D eigenvalue weighted by Gasteiger charge is -2.14. The van der Waals surface area contributed by atoms with Gasteiger partial charge >= 0.3 is 5.97 Å². The van der Waals surface area contributed by atoms with E-state index in [0.717, 1.165) is 30.5 Å². The number of nitrogens with zero attached hydrogens (tertiary/aromatic N) is 2. The zero-order valence-corrected chi connectivity index (χ0v) is 17.9. The average Bonchev–Trinajstić information content (AvgIpc) is 3.22. The molecule has 0 aliphatic heterocycles. The maximum atomic E-state index is 13.3. The van der Waals surface area contributed by atoms with Crippen molar-refractivity contribution in [2.75, 3.05) is 20.8 Å². The van der Waals surface area contributed by atoms with E-state index in [2.05, 4.69) is 5.10 Å². The predicted octanol–water partition coefficient (Wildman–Crippen LogP) is 3.95. The molecule has 0 amide bonds. The van der Waals surface area contributed by atoms with E-state index in [9.17, 15) is 14.0 Å². The van der Waals surface area contributed by atoms with Crippen LogP contribution in [0.3, 0.4) is 0 Å². The number of hydrogen-bond donors (Lipinski definition) is 0. The van der Waals surface area contributed by atoms with Crippen molar-refractivity contribution in [2.45, 2.75) is 25.7 Å². The Hall–Kier alpha value is -3.68. The number of benzene rings is 2. The maximum absolute atomic E-state index is 13.3. The molecule has 3 aromatic rings. The molecule has 2 aromatic carbocycles. The molecule has 0 unspecified atom stereocenters. The second-order valence-electron chi connectivity index (χ2n) is 7.44. The molecule has 32 heavy (non-hydrogen) atoms. The number of aromatic nitrogens is 2. The van der Waals surface area contributed by atoms with Crippen LogP contribution in [0.1, 0.15) is 44.9 Å². The third kappa shape index (κ3) is 4.21. The zero-order valence-electron chi connectivity index (χ0n) is 17.9. The normalized spacial score (nSPS) is 12.7. The van der Waals surface area contributed by atoms with Crippen molar-refractivity contribution in [3.8, 4) is 17.2 Å². The largest absolute Gasteiger partial charge is 0.493 e. The molecule has 7 nitrogen and oxygen atoms in total. The minimum atomic E-state index is -0.655. The molecule has 8 heteroatoms. The average molecular weight is 438 g/mol. The van der Waals surface area contributed by atoms with Crippen molar-refractivity contribution in [3.63, 3.8) is 0 Å². The van der Waals surface area contributed by atoms with Crippen LogP contribution in [0, 0.1) is 5.82 Å². The first-order chi connectivity index (χ1) is 15.5. The van der Waals surface area contributed by atoms with Gasteiger partial charge in [0.2, 0.25) is 0 Å². The number of Topliss-reactive ketones (excluding diaryl/α,β-unsaturated/α-hetero) is 1. The number of ether oxygens (including phenoxy) is 3. The van der Waals surface area contributed by atoms with Crippen LogP contribution in [-0.4, -0.2) is 42.4 Å². The third-order valence-electron chi connectivity index (χ3n) is 5.48. The standard InChI is InChI=1S/C24H23FN2O5/c1-30-21-12-7-15(13-22(21)31-2)20(28)14-32-24(29)23-18-5-3-4-6-19(18)27(26-23)17-10-8-16(25)9-11-17/h7-13H,3-6,14H2,1-2H3. The molecule has 0 atom stereocenters. The molecule has 1 aromatic heterocycles. The van der Waals surface area contributed by atoms with Gasteiger partial charge in [-0.15, -0.1) is 0 Å². The van der Waals surface area contributed by atoms with Gasteiger partial charge in [0.05, 0.1) is 19.9 Å². The SMILES string of the molecule is COc1ccc(C(=O)COC(=O)c2nn(-c3ccc(F)cc3)c3c2CCCC3)cc1OC. The summed E-state index contributed by atoms with van der Waals surface area (Å²) in [5.74, 6) is -0.456. The Bertz CT molecular complexity index is 1150. The van der Waals surface area contributed by atoms with Crippen molar-refractivity contribution in [3.05, 3.63) is 70.8 Å². The highest BCUT2D eigenvalue weighted by Gasteiger charge is 2.27. The van der Waals surface area contributed by atoms with E-state index in [1.807, 2.05) is 0 Å². The number of hydrogen-bond acceptors (Lipinski definition) is 6. The van der Waals surface area contributed by atoms with Gasteiger partial charge in [-0.3, -0.25) is 4.79 Å². The van der Waals surface area contributed by atoms with Crippen molar-refractivity contribution in [1.29, 1.82) is 0 Å². The topological polar surface area (TPSA) is 79.7 Å². The summed E-state index contributed by atoms with van der Waals surface area (Å²) >= 11 is 0. The lowest BCUT2D eigenvalue weighted by molar-refractivity contribution is 0.0467. The summed E-state index contributed by atoms with van der Waals surface area (Å²) in [4.78, 5) is 25.4. The van der Waals surface area contributed by atoms with E-state index in [0.29, 0.717) is 29.2 Å². The molecule has 0 N–H and O–H groups in total. The highest BCUT2D eigenvalue weighted by Crippen LogP contribution is 2.29. The van der Waals surface area contributed by atoms with Gasteiger partial charge < -0.3 is 14.2 Å². The Morgan fingerprint density at radius 2 is 1.72 bits per heavy atom. The fourth-order valence-corrected chi connectivity index (χ4v) is 3.85. The van der Waals surface area contributed by atoms with Gasteiger partial charge in [-0.05, 0) is 68.1 Å². The number of esters is 1. The molecule has 0 saturated carbocycles. The van der Waals surface area contributed by atoms with Gasteiger partial charge in [0.25, 0.3) is 0 Å². The van der Waals surface area contributed by atoms with E-state index >= 15 is 0 Å². The summed E-state index contributed by atoms with van der Waals surface area (Å²) in [5, 5.41) is 4.46. The molecule has 0 spiro atoms. The molecular formula is C24H23FN2O5. The Morgan fingerprint density at radius 1 is 1.00 bits per heavy atom. The summed E-state index contributed by atoms with van der Waals surface area (Å²) in [6.07, 6.45) is 3.38. The minimum Gasteiger partial charge on any atom is -0.493 e. The van der Waals surface area contributed by atoms with Crippen LogP contribution in [0.2, 0.25) is 0 Å². The summed E-state index contributed by atoms with van der Waals surface area (Å²) in [6, 6.07) is 10.7. The van der Waals surface area contributed by atoms with Crippen molar-refractivity contribution in [1.82, 2.24) is 9.78 Å². The summed E-state index contributed by atoms with van der Waals surface area (Å²) < 4.78 is 30.7. The van der Waals surface area contributed by atoms with Gasteiger partial charge in [0.1, 0.15) is 5.82 Å². The van der Waals surface area contributed by atoms with Gasteiger partial charge in [-0.2, -0.15) is 5.10 Å². The number of methoxy groups -OCH3 is 2. The number of rotatable bonds is 7. The second kappa shape index (κ2) is 9.21. The minimum absolute atomic E-state index is 0.198. The van der Waals surface area contributed by atoms with Crippen molar-refractivity contribution >= 4 is 11.8 Å². The van der Waals surface area contributed by atoms with E-state index in [4.69, 9.17) is 14.2 Å². The molecule has 4 rings (SSSR count). The van der Waals surface area contributed by atoms with Gasteiger partial charge in [-0.25, -0.2) is 13.9 Å². The Morgan fingerprint density at radius 3 is 2.44 bits per heavy atom. The fraction of sp³-hybridized carbons (Fsp3) is 0.292. The van der Waals surface area contributed by atoms with Crippen molar-refractivity contribution < 1.29 is 28.2 Å². The van der Waals surface area contributed by atoms with Crippen LogP contribution in [0.5, 0.6) is 11.5 Å². The maximum Gasteiger partial charge on any atom is 0.359 e. The number of ketones is 1. The fourth-order valence-electron chi connectivity index (χ4n) is 3.85. The molecule has 0 radical (unpaired) electrons. The lowest BCUT2D eigenvalue weighted by Crippen LogP contribution is -2.16. The van der Waals surface area contributed by atoms with Gasteiger partial charge in [0.15, 0.2) is 29.6 Å². The molecule has 0 bridgehead atoms. The van der Waals surface area contributed by atoms with E-state index in [1.54, 1.807) is 35.0 Å². The van der Waals surface area contributed by atoms with Crippen LogP contribution in [-0.2, 0) is 17.6 Å². The highest BCUT2D eigenvalue weighted by molar-refractivity contribution is 5.99. The monoisotopic (exact) mass is 438 g/mol. The van der Waals surface area contributed by atoms with Crippen LogP contribution < -0.4 is 9.47 Å². The van der Waals surface area contributed by atoms with E-state index in [1.165, 1.54) is 26.4 Å². The first-order valence-corrected chi connectivity index (χ1v) is 10.3. The molecule has 1 aliphatic carbocycles. The summed E-state index contributed by atoms with van der Waals surface area (Å²) in [7, 11) is 2.99. The number of fused-ring (bicyclic) bond motifs is 1. The summed E-state index contributed by atoms with van der Waals surface area (Å²) in [5.41, 5.74) is 2.95. The highest BCUT2D eigenvalue weighted by atomic mass is 19.1. The molecule has 1 heterocycles. The van der Waals surface area contributed by atoms with Crippen LogP contribution >= 0.6 is 0 Å². The third-order valence-corrected chi connectivity index (χ3v) is 5.48. The number of halogens is 1. The Balaban J connectivity index is 1.53. The van der Waals surface area contributed by atoms with Crippen LogP contribution in [0.15, 0.2) is 42.5 Å². The van der Waals surface area contributed by atoms with E-state index < -0.39 is 12.6 Å². The molecule has 166 valence electrons. The Kier molecular flexibility index (Phi) is 6.20. The van der Waals surface area contributed by atoms with Gasteiger partial charge in [-0.1, -0.05) is 0 Å². The molecule has 0 saturated heterocycles. The quantitative estimate of drug-likeness (QED) is 0.411. The first kappa shape index (κ1) is 21.5. The van der Waals surface area contributed by atoms with E-state index in [-0.39, 0.29) is 17.3 Å². The van der Waals surface area contributed by atoms with Crippen LogP contribution in [0.25, 0.3) is 5.69 Å².